The second-order valence-corrected chi connectivity index (χ2v) is 13.1. The number of hydrogen-bond donors (Lipinski definition) is 0. The molecule has 0 spiro atoms. The molecule has 0 aromatic rings. The summed E-state index contributed by atoms with van der Waals surface area (Å²) in [5.74, 6) is -5.71. The number of carbonyl (C=O) groups is 4. The second kappa shape index (κ2) is 28.9. The quantitative estimate of drug-likeness (QED) is 0.148. The van der Waals surface area contributed by atoms with Gasteiger partial charge in [0.15, 0.2) is 0 Å². The van der Waals surface area contributed by atoms with E-state index in [1.165, 1.54) is 52.4 Å². The Balaban J connectivity index is -0.000000441. The summed E-state index contributed by atoms with van der Waals surface area (Å²) >= 11 is 0.104. The molecule has 0 aliphatic rings. The molecule has 202 valence electrons. The van der Waals surface area contributed by atoms with Gasteiger partial charge in [-0.15, -0.1) is 0 Å². The summed E-state index contributed by atoms with van der Waals surface area (Å²) in [4.78, 5) is 40.0. The van der Waals surface area contributed by atoms with Gasteiger partial charge in [0.2, 0.25) is 0 Å². The summed E-state index contributed by atoms with van der Waals surface area (Å²) < 4.78 is 3.30. The summed E-state index contributed by atoms with van der Waals surface area (Å²) in [6, 6.07) is 0. The fraction of sp³-hybridized carbons (Fsp3) is 0.846. The Morgan fingerprint density at radius 1 is 0.571 bits per heavy atom. The molecular weight excluding hydrogens is 559 g/mol. The number of unbranched alkanes of at least 4 members (excludes halogenated alkanes) is 6. The van der Waals surface area contributed by atoms with Gasteiger partial charge in [0.05, 0.1) is 0 Å². The number of carbonyl (C=O) groups excluding carboxylic acids is 4. The number of hydrogen-bond acceptors (Lipinski definition) is 8. The van der Waals surface area contributed by atoms with E-state index in [1.54, 1.807) is 21.7 Å². The third kappa shape index (κ3) is 37.4. The van der Waals surface area contributed by atoms with Crippen LogP contribution in [-0.4, -0.2) is 45.0 Å². The Bertz CT molecular complexity index is 493. The van der Waals surface area contributed by atoms with Crippen molar-refractivity contribution in [1.29, 1.82) is 0 Å². The molecule has 6 radical (unpaired) electrons. The van der Waals surface area contributed by atoms with Crippen molar-refractivity contribution in [3.05, 3.63) is 0 Å². The number of aliphatic carboxylic acids is 4. The van der Waals surface area contributed by atoms with Crippen LogP contribution in [-0.2, 0) is 19.2 Å². The van der Waals surface area contributed by atoms with E-state index in [0.717, 1.165) is 0 Å². The molecular formula is C26H46O8Sn. The molecule has 0 heterocycles. The third-order valence-electron chi connectivity index (χ3n) is 5.26. The normalized spacial score (nSPS) is 11.8. The summed E-state index contributed by atoms with van der Waals surface area (Å²) in [6.45, 7) is 7.57. The van der Waals surface area contributed by atoms with E-state index in [4.69, 9.17) is 0 Å². The van der Waals surface area contributed by atoms with Crippen LogP contribution in [0.3, 0.4) is 0 Å². The zero-order chi connectivity index (χ0) is 27.5. The molecule has 2 unspecified atom stereocenters. The van der Waals surface area contributed by atoms with Crippen LogP contribution in [0.2, 0.25) is 8.87 Å². The Hall–Kier alpha value is -1.32. The van der Waals surface area contributed by atoms with Crippen molar-refractivity contribution < 1.29 is 39.6 Å². The zero-order valence-electron chi connectivity index (χ0n) is 22.2. The third-order valence-corrected chi connectivity index (χ3v) is 9.29. The molecule has 0 saturated heterocycles. The predicted molar refractivity (Wildman–Crippen MR) is 130 cm³/mol. The first-order valence-corrected chi connectivity index (χ1v) is 17.0. The van der Waals surface area contributed by atoms with Gasteiger partial charge in [0.1, 0.15) is 0 Å². The van der Waals surface area contributed by atoms with Gasteiger partial charge in [0.25, 0.3) is 0 Å². The van der Waals surface area contributed by atoms with Crippen molar-refractivity contribution in [2.24, 2.45) is 11.8 Å². The van der Waals surface area contributed by atoms with Gasteiger partial charge in [-0.05, 0) is 50.4 Å². The summed E-state index contributed by atoms with van der Waals surface area (Å²) in [5, 5.41) is 40.0. The summed E-state index contributed by atoms with van der Waals surface area (Å²) in [7, 11) is 0. The van der Waals surface area contributed by atoms with Gasteiger partial charge >= 0.3 is 95.2 Å². The molecule has 0 aliphatic carbocycles. The van der Waals surface area contributed by atoms with Crippen molar-refractivity contribution in [2.75, 3.05) is 0 Å². The van der Waals surface area contributed by atoms with E-state index < -0.39 is 35.7 Å². The SMILES string of the molecule is CC(CCCC(=O)[O-])C(=O)[O-].CC(CCCC(=O)[O-])C(=O)[O-].CCCCC[CH2][Sn+4][CH2]CCCCC. The van der Waals surface area contributed by atoms with Crippen molar-refractivity contribution >= 4 is 45.0 Å². The van der Waals surface area contributed by atoms with E-state index in [1.807, 2.05) is 0 Å². The molecule has 0 rings (SSSR count). The van der Waals surface area contributed by atoms with Gasteiger partial charge < -0.3 is 39.6 Å². The van der Waals surface area contributed by atoms with Gasteiger partial charge in [-0.3, -0.25) is 0 Å². The molecule has 9 heteroatoms. The number of carboxylic acid groups (broad SMARTS) is 4. The van der Waals surface area contributed by atoms with Crippen LogP contribution in [0.15, 0.2) is 0 Å². The van der Waals surface area contributed by atoms with E-state index in [9.17, 15) is 39.6 Å². The summed E-state index contributed by atoms with van der Waals surface area (Å²) in [5.41, 5.74) is 0. The molecule has 0 N–H and O–H groups in total. The van der Waals surface area contributed by atoms with Crippen molar-refractivity contribution in [3.8, 4) is 0 Å². The minimum atomic E-state index is -1.14. The van der Waals surface area contributed by atoms with Crippen LogP contribution in [0.5, 0.6) is 0 Å². The van der Waals surface area contributed by atoms with E-state index in [2.05, 4.69) is 13.8 Å². The van der Waals surface area contributed by atoms with E-state index in [-0.39, 0.29) is 34.0 Å². The number of rotatable bonds is 20. The molecule has 0 aromatic heterocycles. The monoisotopic (exact) mass is 606 g/mol. The molecule has 0 bridgehead atoms. The van der Waals surface area contributed by atoms with Gasteiger partial charge in [-0.2, -0.15) is 0 Å². The Morgan fingerprint density at radius 3 is 1.17 bits per heavy atom. The topological polar surface area (TPSA) is 161 Å². The fourth-order valence-corrected chi connectivity index (χ4v) is 6.39. The first-order chi connectivity index (χ1) is 16.5. The van der Waals surface area contributed by atoms with Crippen LogP contribution >= 0.6 is 0 Å². The predicted octanol–water partition coefficient (Wildman–Crippen LogP) is 1.27. The molecule has 35 heavy (non-hydrogen) atoms. The second-order valence-electron chi connectivity index (χ2n) is 8.84. The van der Waals surface area contributed by atoms with Crippen LogP contribution in [0.1, 0.15) is 118 Å². The van der Waals surface area contributed by atoms with Crippen LogP contribution in [0, 0.1) is 11.8 Å². The standard InChI is InChI=1S/2C7H12O4.2C6H13.Sn/c2*1-5(7(10)11)3-2-4-6(8)9;2*1-3-5-6-4-2;/h2*5H,2-4H2,1H3,(H,8,9)(H,10,11);2*1,3-6H2,2H3;/q;;;;+4/p-4. The minimum absolute atomic E-state index is 0.0857. The Kier molecular flexibility index (Phi) is 31.6. The maximum atomic E-state index is 10.1. The molecule has 0 saturated carbocycles. The van der Waals surface area contributed by atoms with Crippen LogP contribution in [0.25, 0.3) is 0 Å². The number of carboxylic acids is 4. The van der Waals surface area contributed by atoms with Gasteiger partial charge in [0, 0.05) is 23.9 Å². The molecule has 2 atom stereocenters. The maximum absolute atomic E-state index is 10.1. The molecule has 0 amide bonds. The molecule has 0 aliphatic heterocycles. The van der Waals surface area contributed by atoms with Crippen molar-refractivity contribution in [3.63, 3.8) is 0 Å². The summed E-state index contributed by atoms with van der Waals surface area (Å²) in [6.07, 6.45) is 13.0. The fourth-order valence-electron chi connectivity index (χ4n) is 2.82. The van der Waals surface area contributed by atoms with E-state index in [0.29, 0.717) is 25.7 Å². The Morgan fingerprint density at radius 2 is 0.914 bits per heavy atom. The van der Waals surface area contributed by atoms with Crippen molar-refractivity contribution in [1.82, 2.24) is 0 Å². The van der Waals surface area contributed by atoms with Crippen LogP contribution in [0.4, 0.5) is 0 Å². The zero-order valence-corrected chi connectivity index (χ0v) is 25.1. The van der Waals surface area contributed by atoms with Gasteiger partial charge in [-0.25, -0.2) is 0 Å². The van der Waals surface area contributed by atoms with Crippen molar-refractivity contribution in [2.45, 2.75) is 126 Å². The van der Waals surface area contributed by atoms with Gasteiger partial charge in [-0.1, -0.05) is 13.8 Å². The first-order valence-electron chi connectivity index (χ1n) is 13.0. The average Bonchev–Trinajstić information content (AvgIpc) is 2.78. The first kappa shape index (κ1) is 38.2. The molecule has 0 fully saturated rings. The Labute approximate surface area is 222 Å². The van der Waals surface area contributed by atoms with Crippen LogP contribution < -0.4 is 20.4 Å². The molecule has 0 aromatic carbocycles. The average molecular weight is 605 g/mol. The van der Waals surface area contributed by atoms with E-state index >= 15 is 0 Å². The molecule has 8 nitrogen and oxygen atoms in total.